The van der Waals surface area contributed by atoms with Crippen molar-refractivity contribution < 1.29 is 14.7 Å². The van der Waals surface area contributed by atoms with E-state index in [1.165, 1.54) is 0 Å². The number of amides is 2. The van der Waals surface area contributed by atoms with Crippen molar-refractivity contribution in [3.63, 3.8) is 0 Å². The molecular weight excluding hydrogens is 268 g/mol. The highest BCUT2D eigenvalue weighted by molar-refractivity contribution is 5.77. The lowest BCUT2D eigenvalue weighted by Gasteiger charge is -2.23. The van der Waals surface area contributed by atoms with Gasteiger partial charge in [0.15, 0.2) is 0 Å². The van der Waals surface area contributed by atoms with Crippen molar-refractivity contribution in [1.82, 2.24) is 10.6 Å². The van der Waals surface area contributed by atoms with Crippen LogP contribution in [0, 0.1) is 5.41 Å². The third-order valence-electron chi connectivity index (χ3n) is 3.87. The number of nitrogens with one attached hydrogen (secondary N) is 2. The molecule has 1 rings (SSSR count). The molecule has 2 amide bonds. The molecule has 0 aliphatic heterocycles. The highest BCUT2D eigenvalue weighted by atomic mass is 16.4. The number of carboxylic acid groups (broad SMARTS) is 1. The predicted molar refractivity (Wildman–Crippen MR) is 82.3 cm³/mol. The standard InChI is InChI=1S/C16H24N2O3/c1-4-16(3,14(19)20)11-18-15(21)17-10-12(2)13-8-6-5-7-9-13/h5-9,12H,4,10-11H2,1-3H3,(H,19,20)(H2,17,18,21). The fraction of sp³-hybridized carbons (Fsp3) is 0.500. The van der Waals surface area contributed by atoms with Gasteiger partial charge < -0.3 is 15.7 Å². The zero-order chi connectivity index (χ0) is 15.9. The van der Waals surface area contributed by atoms with Crippen molar-refractivity contribution in [2.75, 3.05) is 13.1 Å². The third kappa shape index (κ3) is 5.10. The summed E-state index contributed by atoms with van der Waals surface area (Å²) < 4.78 is 0. The summed E-state index contributed by atoms with van der Waals surface area (Å²) in [6.45, 7) is 6.08. The third-order valence-corrected chi connectivity index (χ3v) is 3.87. The Labute approximate surface area is 125 Å². The summed E-state index contributed by atoms with van der Waals surface area (Å²) in [5, 5.41) is 14.5. The van der Waals surface area contributed by atoms with Gasteiger partial charge in [0, 0.05) is 13.1 Å². The van der Waals surface area contributed by atoms with E-state index in [0.29, 0.717) is 13.0 Å². The Morgan fingerprint density at radius 1 is 1.24 bits per heavy atom. The molecule has 2 unspecified atom stereocenters. The molecule has 0 saturated carbocycles. The number of carboxylic acids is 1. The van der Waals surface area contributed by atoms with Crippen LogP contribution >= 0.6 is 0 Å². The second-order valence-corrected chi connectivity index (χ2v) is 5.59. The molecule has 3 N–H and O–H groups in total. The van der Waals surface area contributed by atoms with Crippen molar-refractivity contribution in [2.45, 2.75) is 33.1 Å². The van der Waals surface area contributed by atoms with Gasteiger partial charge in [-0.15, -0.1) is 0 Å². The zero-order valence-corrected chi connectivity index (χ0v) is 12.8. The Hall–Kier alpha value is -2.04. The lowest BCUT2D eigenvalue weighted by atomic mass is 9.88. The predicted octanol–water partition coefficient (Wildman–Crippen LogP) is 2.59. The molecule has 0 aromatic heterocycles. The minimum absolute atomic E-state index is 0.115. The maximum Gasteiger partial charge on any atom is 0.314 e. The fourth-order valence-corrected chi connectivity index (χ4v) is 1.83. The molecule has 0 bridgehead atoms. The number of benzene rings is 1. The monoisotopic (exact) mass is 292 g/mol. The van der Waals surface area contributed by atoms with Crippen LogP contribution in [0.15, 0.2) is 30.3 Å². The average Bonchev–Trinajstić information content (AvgIpc) is 2.50. The first-order valence-corrected chi connectivity index (χ1v) is 7.19. The van der Waals surface area contributed by atoms with Gasteiger partial charge in [-0.2, -0.15) is 0 Å². The highest BCUT2D eigenvalue weighted by Gasteiger charge is 2.31. The summed E-state index contributed by atoms with van der Waals surface area (Å²) in [6.07, 6.45) is 0.461. The molecule has 0 radical (unpaired) electrons. The molecule has 0 aliphatic rings. The average molecular weight is 292 g/mol. The minimum atomic E-state index is -0.928. The van der Waals surface area contributed by atoms with Gasteiger partial charge in [-0.3, -0.25) is 4.79 Å². The number of hydrogen-bond donors (Lipinski definition) is 3. The Kier molecular flexibility index (Phi) is 6.21. The second kappa shape index (κ2) is 7.67. The summed E-state index contributed by atoms with van der Waals surface area (Å²) in [7, 11) is 0. The quantitative estimate of drug-likeness (QED) is 0.722. The van der Waals surface area contributed by atoms with Crippen LogP contribution in [-0.2, 0) is 4.79 Å². The lowest BCUT2D eigenvalue weighted by molar-refractivity contribution is -0.147. The smallest absolute Gasteiger partial charge is 0.314 e. The maximum atomic E-state index is 11.7. The van der Waals surface area contributed by atoms with Crippen molar-refractivity contribution in [2.24, 2.45) is 5.41 Å². The van der Waals surface area contributed by atoms with Crippen LogP contribution in [0.2, 0.25) is 0 Å². The highest BCUT2D eigenvalue weighted by Crippen LogP contribution is 2.19. The molecule has 1 aromatic rings. The molecule has 21 heavy (non-hydrogen) atoms. The summed E-state index contributed by atoms with van der Waals surface area (Å²) in [6, 6.07) is 9.58. The number of urea groups is 1. The van der Waals surface area contributed by atoms with Gasteiger partial charge in [0.1, 0.15) is 0 Å². The van der Waals surface area contributed by atoms with Gasteiger partial charge in [-0.25, -0.2) is 4.79 Å². The lowest BCUT2D eigenvalue weighted by Crippen LogP contribution is -2.45. The van der Waals surface area contributed by atoms with Gasteiger partial charge in [0.05, 0.1) is 5.41 Å². The van der Waals surface area contributed by atoms with Gasteiger partial charge >= 0.3 is 12.0 Å². The molecule has 2 atom stereocenters. The summed E-state index contributed by atoms with van der Waals surface area (Å²) >= 11 is 0. The summed E-state index contributed by atoms with van der Waals surface area (Å²) in [5.41, 5.74) is 0.226. The number of carbonyl (C=O) groups excluding carboxylic acids is 1. The Morgan fingerprint density at radius 2 is 1.86 bits per heavy atom. The van der Waals surface area contributed by atoms with Crippen LogP contribution in [0.3, 0.4) is 0 Å². The zero-order valence-electron chi connectivity index (χ0n) is 12.8. The van der Waals surface area contributed by atoms with E-state index in [1.807, 2.05) is 37.3 Å². The molecule has 0 saturated heterocycles. The number of aliphatic carboxylic acids is 1. The van der Waals surface area contributed by atoms with Crippen LogP contribution in [-0.4, -0.2) is 30.2 Å². The minimum Gasteiger partial charge on any atom is -0.481 e. The van der Waals surface area contributed by atoms with Crippen molar-refractivity contribution in [1.29, 1.82) is 0 Å². The topological polar surface area (TPSA) is 78.4 Å². The maximum absolute atomic E-state index is 11.7. The number of carbonyl (C=O) groups is 2. The largest absolute Gasteiger partial charge is 0.481 e. The van der Waals surface area contributed by atoms with Crippen LogP contribution in [0.25, 0.3) is 0 Å². The fourth-order valence-electron chi connectivity index (χ4n) is 1.83. The second-order valence-electron chi connectivity index (χ2n) is 5.59. The molecule has 0 fully saturated rings. The first-order chi connectivity index (χ1) is 9.89. The van der Waals surface area contributed by atoms with Gasteiger partial charge in [-0.05, 0) is 24.8 Å². The van der Waals surface area contributed by atoms with E-state index in [0.717, 1.165) is 5.56 Å². The van der Waals surface area contributed by atoms with Gasteiger partial charge in [0.25, 0.3) is 0 Å². The van der Waals surface area contributed by atoms with Crippen molar-refractivity contribution in [3.8, 4) is 0 Å². The van der Waals surface area contributed by atoms with Gasteiger partial charge in [0.2, 0.25) is 0 Å². The van der Waals surface area contributed by atoms with Crippen LogP contribution in [0.4, 0.5) is 4.79 Å². The van der Waals surface area contributed by atoms with E-state index in [-0.39, 0.29) is 18.5 Å². The molecule has 1 aromatic carbocycles. The molecule has 5 heteroatoms. The van der Waals surface area contributed by atoms with Crippen LogP contribution in [0.1, 0.15) is 38.7 Å². The molecule has 0 heterocycles. The van der Waals surface area contributed by atoms with Crippen LogP contribution in [0.5, 0.6) is 0 Å². The molecule has 0 aliphatic carbocycles. The molecule has 116 valence electrons. The normalized spacial score (nSPS) is 14.8. The van der Waals surface area contributed by atoms with E-state index in [4.69, 9.17) is 5.11 Å². The van der Waals surface area contributed by atoms with E-state index in [2.05, 4.69) is 10.6 Å². The van der Waals surface area contributed by atoms with E-state index in [9.17, 15) is 9.59 Å². The first kappa shape index (κ1) is 17.0. The molecule has 0 spiro atoms. The van der Waals surface area contributed by atoms with Crippen molar-refractivity contribution >= 4 is 12.0 Å². The molecule has 5 nitrogen and oxygen atoms in total. The number of rotatable bonds is 7. The summed E-state index contributed by atoms with van der Waals surface area (Å²) in [5.74, 6) is -0.697. The Balaban J connectivity index is 2.40. The van der Waals surface area contributed by atoms with Crippen LogP contribution < -0.4 is 10.6 Å². The Morgan fingerprint density at radius 3 is 2.38 bits per heavy atom. The summed E-state index contributed by atoms with van der Waals surface area (Å²) in [4.78, 5) is 22.9. The SMILES string of the molecule is CCC(C)(CNC(=O)NCC(C)c1ccccc1)C(=O)O. The van der Waals surface area contributed by atoms with Crippen molar-refractivity contribution in [3.05, 3.63) is 35.9 Å². The van der Waals surface area contributed by atoms with E-state index < -0.39 is 11.4 Å². The van der Waals surface area contributed by atoms with Gasteiger partial charge in [-0.1, -0.05) is 44.2 Å². The Bertz CT molecular complexity index is 476. The molecular formula is C16H24N2O3. The van der Waals surface area contributed by atoms with E-state index >= 15 is 0 Å². The van der Waals surface area contributed by atoms with E-state index in [1.54, 1.807) is 13.8 Å². The number of hydrogen-bond acceptors (Lipinski definition) is 2. The first-order valence-electron chi connectivity index (χ1n) is 7.19.